The number of hydrogen-bond acceptors (Lipinski definition) is 4. The molecular formula is C21H20IN3O2. The summed E-state index contributed by atoms with van der Waals surface area (Å²) in [6.07, 6.45) is 4.05. The van der Waals surface area contributed by atoms with Crippen LogP contribution in [0.3, 0.4) is 0 Å². The number of aromatic nitrogens is 1. The van der Waals surface area contributed by atoms with Gasteiger partial charge in [-0.25, -0.2) is 2.78 Å². The monoisotopic (exact) mass is 473 g/mol. The van der Waals surface area contributed by atoms with Crippen molar-refractivity contribution in [2.45, 2.75) is 18.9 Å². The fourth-order valence-corrected chi connectivity index (χ4v) is 4.23. The van der Waals surface area contributed by atoms with Gasteiger partial charge in [-0.1, -0.05) is 30.3 Å². The molecule has 0 bridgehead atoms. The van der Waals surface area contributed by atoms with E-state index in [0.29, 0.717) is 22.4 Å². The second-order valence-corrected chi connectivity index (χ2v) is 7.82. The quantitative estimate of drug-likeness (QED) is 0.453. The summed E-state index contributed by atoms with van der Waals surface area (Å²) in [4.78, 5) is 19.2. The van der Waals surface area contributed by atoms with Crippen LogP contribution in [0.5, 0.6) is 5.88 Å². The maximum atomic E-state index is 12.3. The minimum Gasteiger partial charge on any atom is -0.493 e. The minimum atomic E-state index is -0.231. The third-order valence-electron chi connectivity index (χ3n) is 5.19. The number of likely N-dealkylation sites (tertiary alicyclic amines) is 1. The molecule has 2 aromatic carbocycles. The van der Waals surface area contributed by atoms with Crippen LogP contribution in [0.15, 0.2) is 58.3 Å². The Labute approximate surface area is 171 Å². The lowest BCUT2D eigenvalue weighted by atomic mass is 10.0. The molecule has 1 aliphatic heterocycles. The van der Waals surface area contributed by atoms with Crippen molar-refractivity contribution in [1.82, 2.24) is 7.68 Å². The zero-order valence-corrected chi connectivity index (χ0v) is 17.1. The summed E-state index contributed by atoms with van der Waals surface area (Å²) in [7, 11) is 2.16. The number of hydrogen-bond donors (Lipinski definition) is 1. The fourth-order valence-electron chi connectivity index (χ4n) is 3.71. The number of pyridine rings is 1. The first-order valence-electron chi connectivity index (χ1n) is 8.93. The van der Waals surface area contributed by atoms with Crippen LogP contribution >= 0.6 is 22.9 Å². The molecular weight excluding hydrogens is 453 g/mol. The van der Waals surface area contributed by atoms with Gasteiger partial charge in [0.1, 0.15) is 0 Å². The first-order chi connectivity index (χ1) is 13.1. The van der Waals surface area contributed by atoms with Gasteiger partial charge in [0.25, 0.3) is 5.56 Å². The molecule has 1 unspecified atom stereocenters. The van der Waals surface area contributed by atoms with Crippen molar-refractivity contribution in [2.24, 2.45) is 4.99 Å². The van der Waals surface area contributed by atoms with Crippen LogP contribution in [0.25, 0.3) is 10.8 Å². The van der Waals surface area contributed by atoms with Crippen LogP contribution in [0.2, 0.25) is 0 Å². The summed E-state index contributed by atoms with van der Waals surface area (Å²) in [6.45, 7) is 1.14. The van der Waals surface area contributed by atoms with E-state index in [1.54, 1.807) is 12.3 Å². The second-order valence-electron chi connectivity index (χ2n) is 6.86. The van der Waals surface area contributed by atoms with E-state index in [2.05, 4.69) is 29.1 Å². The van der Waals surface area contributed by atoms with Gasteiger partial charge in [0.2, 0.25) is 5.88 Å². The summed E-state index contributed by atoms with van der Waals surface area (Å²) >= 11 is 1.81. The van der Waals surface area contributed by atoms with Crippen molar-refractivity contribution in [3.63, 3.8) is 0 Å². The number of nitrogens with zero attached hydrogens (tertiary/aromatic N) is 3. The molecule has 1 fully saturated rings. The van der Waals surface area contributed by atoms with Crippen molar-refractivity contribution in [3.8, 4) is 5.88 Å². The fraction of sp³-hybridized carbons (Fsp3) is 0.238. The molecule has 3 aromatic rings. The standard InChI is InChI=1S/C21H20IN3O2/c1-24-12-4-7-19(24)14-8-10-15(11-9-14)23-13-18-16-5-2-3-6-17(16)20(26)25(22)21(18)27/h2-3,5-6,8-11,13,19,27H,4,7,12H2,1H3. The van der Waals surface area contributed by atoms with Gasteiger partial charge < -0.3 is 5.11 Å². The van der Waals surface area contributed by atoms with E-state index in [-0.39, 0.29) is 11.4 Å². The first-order valence-corrected chi connectivity index (χ1v) is 9.90. The van der Waals surface area contributed by atoms with Crippen molar-refractivity contribution < 1.29 is 5.11 Å². The van der Waals surface area contributed by atoms with Crippen LogP contribution in [-0.4, -0.2) is 32.6 Å². The molecule has 1 aliphatic rings. The van der Waals surface area contributed by atoms with Crippen LogP contribution in [0.4, 0.5) is 5.69 Å². The normalized spacial score (nSPS) is 17.9. The Balaban J connectivity index is 1.68. The van der Waals surface area contributed by atoms with Crippen LogP contribution in [0.1, 0.15) is 30.0 Å². The van der Waals surface area contributed by atoms with Gasteiger partial charge in [0.05, 0.1) is 34.1 Å². The van der Waals surface area contributed by atoms with Gasteiger partial charge in [-0.3, -0.25) is 14.7 Å². The number of benzene rings is 2. The maximum Gasteiger partial charge on any atom is 0.270 e. The molecule has 1 saturated heterocycles. The molecule has 0 aliphatic carbocycles. The summed E-state index contributed by atoms with van der Waals surface area (Å²) < 4.78 is 1.22. The highest BCUT2D eigenvalue weighted by Gasteiger charge is 2.22. The maximum absolute atomic E-state index is 12.3. The first kappa shape index (κ1) is 18.2. The average molecular weight is 473 g/mol. The number of rotatable bonds is 3. The molecule has 27 heavy (non-hydrogen) atoms. The van der Waals surface area contributed by atoms with E-state index in [1.807, 2.05) is 53.2 Å². The third-order valence-corrected chi connectivity index (χ3v) is 6.09. The van der Waals surface area contributed by atoms with Gasteiger partial charge in [0, 0.05) is 23.0 Å². The SMILES string of the molecule is CN1CCCC1c1ccc(N=Cc2c(O)n(I)c(=O)c3ccccc23)cc1. The smallest absolute Gasteiger partial charge is 0.270 e. The van der Waals surface area contributed by atoms with Crippen LogP contribution in [-0.2, 0) is 0 Å². The number of aliphatic imine (C=N–C) groups is 1. The lowest BCUT2D eigenvalue weighted by Gasteiger charge is -2.19. The van der Waals surface area contributed by atoms with E-state index in [0.717, 1.165) is 12.2 Å². The molecule has 1 aromatic heterocycles. The Bertz CT molecular complexity index is 1070. The molecule has 138 valence electrons. The highest BCUT2D eigenvalue weighted by atomic mass is 127. The molecule has 1 N–H and O–H groups in total. The number of aromatic hydroxyl groups is 1. The number of fused-ring (bicyclic) bond motifs is 1. The van der Waals surface area contributed by atoms with E-state index in [9.17, 15) is 9.90 Å². The predicted molar refractivity (Wildman–Crippen MR) is 118 cm³/mol. The Morgan fingerprint density at radius 2 is 1.85 bits per heavy atom. The Morgan fingerprint density at radius 3 is 2.52 bits per heavy atom. The van der Waals surface area contributed by atoms with Crippen molar-refractivity contribution in [3.05, 3.63) is 70.0 Å². The lowest BCUT2D eigenvalue weighted by Crippen LogP contribution is -2.17. The van der Waals surface area contributed by atoms with Gasteiger partial charge in [-0.05, 0) is 50.2 Å². The summed E-state index contributed by atoms with van der Waals surface area (Å²) in [5, 5.41) is 11.7. The molecule has 0 saturated carbocycles. The second kappa shape index (κ2) is 7.44. The van der Waals surface area contributed by atoms with E-state index in [1.165, 1.54) is 21.2 Å². The Morgan fingerprint density at radius 1 is 1.15 bits per heavy atom. The molecule has 5 nitrogen and oxygen atoms in total. The molecule has 6 heteroatoms. The van der Waals surface area contributed by atoms with Gasteiger partial charge in [0.15, 0.2) is 0 Å². The van der Waals surface area contributed by atoms with Crippen molar-refractivity contribution in [2.75, 3.05) is 13.6 Å². The van der Waals surface area contributed by atoms with E-state index in [4.69, 9.17) is 0 Å². The Kier molecular flexibility index (Phi) is 5.01. The topological polar surface area (TPSA) is 57.8 Å². The third kappa shape index (κ3) is 3.39. The predicted octanol–water partition coefficient (Wildman–Crippen LogP) is 4.42. The van der Waals surface area contributed by atoms with Crippen molar-refractivity contribution in [1.29, 1.82) is 0 Å². The van der Waals surface area contributed by atoms with Crippen LogP contribution in [0, 0.1) is 0 Å². The molecule has 0 amide bonds. The highest BCUT2D eigenvalue weighted by molar-refractivity contribution is 14.1. The average Bonchev–Trinajstić information content (AvgIpc) is 3.12. The highest BCUT2D eigenvalue weighted by Crippen LogP contribution is 2.31. The Hall–Kier alpha value is -2.19. The van der Waals surface area contributed by atoms with Gasteiger partial charge >= 0.3 is 0 Å². The van der Waals surface area contributed by atoms with Crippen molar-refractivity contribution >= 4 is 45.5 Å². The summed E-state index contributed by atoms with van der Waals surface area (Å²) in [5.74, 6) is -0.0905. The summed E-state index contributed by atoms with van der Waals surface area (Å²) in [6, 6.07) is 16.0. The van der Waals surface area contributed by atoms with Gasteiger partial charge in [-0.15, -0.1) is 0 Å². The molecule has 0 spiro atoms. The number of halogens is 1. The summed E-state index contributed by atoms with van der Waals surface area (Å²) in [5.41, 5.74) is 2.43. The molecule has 2 heterocycles. The van der Waals surface area contributed by atoms with E-state index >= 15 is 0 Å². The largest absolute Gasteiger partial charge is 0.493 e. The van der Waals surface area contributed by atoms with Crippen LogP contribution < -0.4 is 5.56 Å². The van der Waals surface area contributed by atoms with Gasteiger partial charge in [-0.2, -0.15) is 0 Å². The molecule has 4 rings (SSSR count). The zero-order valence-electron chi connectivity index (χ0n) is 15.0. The lowest BCUT2D eigenvalue weighted by molar-refractivity contribution is 0.317. The zero-order chi connectivity index (χ0) is 19.0. The molecule has 1 atom stereocenters. The molecule has 0 radical (unpaired) electrons. The minimum absolute atomic E-state index is 0.0905. The van der Waals surface area contributed by atoms with E-state index < -0.39 is 0 Å².